The zero-order valence-corrected chi connectivity index (χ0v) is 11.2. The quantitative estimate of drug-likeness (QED) is 0.823. The topological polar surface area (TPSA) is 76.1 Å². The Morgan fingerprint density at radius 1 is 1.50 bits per heavy atom. The number of sulfone groups is 1. The first-order valence-electron chi connectivity index (χ1n) is 5.23. The van der Waals surface area contributed by atoms with Crippen LogP contribution in [0.15, 0.2) is 18.3 Å². The van der Waals surface area contributed by atoms with Gasteiger partial charge in [-0.15, -0.1) is 0 Å². The van der Waals surface area contributed by atoms with E-state index in [4.69, 9.17) is 0 Å². The van der Waals surface area contributed by atoms with E-state index in [1.54, 1.807) is 0 Å². The highest BCUT2D eigenvalue weighted by molar-refractivity contribution is 7.92. The number of hydrogen-bond donors (Lipinski definition) is 1. The first-order valence-corrected chi connectivity index (χ1v) is 7.12. The maximum absolute atomic E-state index is 13.2. The molecule has 0 fully saturated rings. The van der Waals surface area contributed by atoms with E-state index in [1.807, 2.05) is 0 Å². The Morgan fingerprint density at radius 3 is 2.61 bits per heavy atom. The van der Waals surface area contributed by atoms with Gasteiger partial charge in [-0.05, 0) is 26.0 Å². The molecule has 0 radical (unpaired) electrons. The fraction of sp³-hybridized carbons (Fsp3) is 0.455. The molecule has 0 atom stereocenters. The number of nitrogens with zero attached hydrogens (tertiary/aromatic N) is 1. The molecular formula is C11H15FN2O3S. The summed E-state index contributed by atoms with van der Waals surface area (Å²) in [5, 5.41) is 2.39. The molecule has 1 aromatic heterocycles. The molecule has 0 saturated heterocycles. The highest BCUT2D eigenvalue weighted by Crippen LogP contribution is 2.14. The lowest BCUT2D eigenvalue weighted by Gasteiger charge is -2.22. The molecule has 1 amide bonds. The lowest BCUT2D eigenvalue weighted by molar-refractivity contribution is 0.0945. The first-order chi connectivity index (χ1) is 8.15. The van der Waals surface area contributed by atoms with Crippen LogP contribution in [-0.4, -0.2) is 36.9 Å². The molecular weight excluding hydrogens is 259 g/mol. The summed E-state index contributed by atoms with van der Waals surface area (Å²) >= 11 is 0. The van der Waals surface area contributed by atoms with Crippen LogP contribution in [0.3, 0.4) is 0 Å². The van der Waals surface area contributed by atoms with Crippen molar-refractivity contribution in [2.45, 2.75) is 18.6 Å². The van der Waals surface area contributed by atoms with Crippen molar-refractivity contribution in [3.05, 3.63) is 29.8 Å². The summed E-state index contributed by atoms with van der Waals surface area (Å²) in [5.74, 6) is -1.57. The van der Waals surface area contributed by atoms with E-state index in [1.165, 1.54) is 32.2 Å². The average Bonchev–Trinajstić information content (AvgIpc) is 2.25. The molecule has 0 spiro atoms. The van der Waals surface area contributed by atoms with Crippen molar-refractivity contribution in [1.82, 2.24) is 10.3 Å². The van der Waals surface area contributed by atoms with E-state index in [0.717, 1.165) is 6.26 Å². The van der Waals surface area contributed by atoms with E-state index in [9.17, 15) is 17.6 Å². The number of nitrogens with one attached hydrogen (secondary N) is 1. The van der Waals surface area contributed by atoms with Crippen LogP contribution < -0.4 is 5.32 Å². The summed E-state index contributed by atoms with van der Waals surface area (Å²) in [4.78, 5) is 15.0. The summed E-state index contributed by atoms with van der Waals surface area (Å²) in [6, 6.07) is 2.71. The number of rotatable bonds is 4. The van der Waals surface area contributed by atoms with Gasteiger partial charge in [0.05, 0.1) is 10.3 Å². The fourth-order valence-corrected chi connectivity index (χ4v) is 1.41. The smallest absolute Gasteiger partial charge is 0.255 e. The maximum Gasteiger partial charge on any atom is 0.255 e. The van der Waals surface area contributed by atoms with Gasteiger partial charge in [-0.1, -0.05) is 0 Å². The summed E-state index contributed by atoms with van der Waals surface area (Å²) in [7, 11) is -3.31. The van der Waals surface area contributed by atoms with Crippen molar-refractivity contribution < 1.29 is 17.6 Å². The molecule has 1 rings (SSSR count). The highest BCUT2D eigenvalue weighted by Gasteiger charge is 2.30. The van der Waals surface area contributed by atoms with Crippen molar-refractivity contribution in [3.63, 3.8) is 0 Å². The normalized spacial score (nSPS) is 12.2. The molecule has 1 aromatic rings. The van der Waals surface area contributed by atoms with Crippen LogP contribution in [0.2, 0.25) is 0 Å². The summed E-state index contributed by atoms with van der Waals surface area (Å²) in [5.41, 5.74) is -0.207. The van der Waals surface area contributed by atoms with Crippen LogP contribution in [0.4, 0.5) is 4.39 Å². The average molecular weight is 274 g/mol. The molecule has 0 aliphatic rings. The second-order valence-corrected chi connectivity index (χ2v) is 7.21. The minimum Gasteiger partial charge on any atom is -0.350 e. The second-order valence-electron chi connectivity index (χ2n) is 4.56. The second kappa shape index (κ2) is 5.01. The molecule has 0 saturated carbocycles. The first kappa shape index (κ1) is 14.6. The Kier molecular flexibility index (Phi) is 4.05. The van der Waals surface area contributed by atoms with Gasteiger partial charge >= 0.3 is 0 Å². The van der Waals surface area contributed by atoms with Crippen molar-refractivity contribution in [3.8, 4) is 0 Å². The zero-order chi connectivity index (χ0) is 14.0. The van der Waals surface area contributed by atoms with E-state index in [-0.39, 0.29) is 12.1 Å². The van der Waals surface area contributed by atoms with Gasteiger partial charge in [0.25, 0.3) is 5.91 Å². The van der Waals surface area contributed by atoms with E-state index in [0.29, 0.717) is 0 Å². The van der Waals surface area contributed by atoms with Crippen molar-refractivity contribution in [2.75, 3.05) is 12.8 Å². The highest BCUT2D eigenvalue weighted by atomic mass is 32.2. The van der Waals surface area contributed by atoms with Crippen LogP contribution in [0.5, 0.6) is 0 Å². The van der Waals surface area contributed by atoms with Crippen molar-refractivity contribution in [1.29, 1.82) is 0 Å². The number of aromatic nitrogens is 1. The van der Waals surface area contributed by atoms with Crippen molar-refractivity contribution >= 4 is 15.7 Å². The third kappa shape index (κ3) is 3.25. The molecule has 0 aliphatic heterocycles. The third-order valence-electron chi connectivity index (χ3n) is 2.68. The number of pyridine rings is 1. The van der Waals surface area contributed by atoms with Gasteiger partial charge in [0.1, 0.15) is 0 Å². The lowest BCUT2D eigenvalue weighted by atomic mass is 10.2. The monoisotopic (exact) mass is 274 g/mol. The predicted octanol–water partition coefficient (Wildman–Crippen LogP) is 0.774. The van der Waals surface area contributed by atoms with E-state index in [2.05, 4.69) is 10.3 Å². The lowest BCUT2D eigenvalue weighted by Crippen LogP contribution is -2.43. The van der Waals surface area contributed by atoms with E-state index < -0.39 is 26.4 Å². The Hall–Kier alpha value is -1.50. The summed E-state index contributed by atoms with van der Waals surface area (Å²) in [6.45, 7) is 2.88. The SMILES string of the molecule is CC(C)(CNC(=O)c1cccnc1F)S(C)(=O)=O. The number of carbonyl (C=O) groups is 1. The number of carbonyl (C=O) groups excluding carboxylic acids is 1. The van der Waals surface area contributed by atoms with Gasteiger partial charge in [0.15, 0.2) is 9.84 Å². The van der Waals surface area contributed by atoms with Gasteiger partial charge in [-0.2, -0.15) is 4.39 Å². The minimum atomic E-state index is -3.31. The molecule has 18 heavy (non-hydrogen) atoms. The Bertz CT molecular complexity index is 555. The number of amides is 1. The molecule has 0 unspecified atom stereocenters. The molecule has 5 nitrogen and oxygen atoms in total. The van der Waals surface area contributed by atoms with Crippen molar-refractivity contribution in [2.24, 2.45) is 0 Å². The number of hydrogen-bond acceptors (Lipinski definition) is 4. The Labute approximate surface area is 105 Å². The Morgan fingerprint density at radius 2 is 2.11 bits per heavy atom. The van der Waals surface area contributed by atoms with Crippen LogP contribution in [0.25, 0.3) is 0 Å². The van der Waals surface area contributed by atoms with Gasteiger partial charge in [0, 0.05) is 19.0 Å². The van der Waals surface area contributed by atoms with Crippen LogP contribution in [-0.2, 0) is 9.84 Å². The van der Waals surface area contributed by atoms with Crippen LogP contribution >= 0.6 is 0 Å². The molecule has 0 aromatic carbocycles. The fourth-order valence-electron chi connectivity index (χ4n) is 1.07. The maximum atomic E-state index is 13.2. The largest absolute Gasteiger partial charge is 0.350 e. The van der Waals surface area contributed by atoms with Gasteiger partial charge in [0.2, 0.25) is 5.95 Å². The minimum absolute atomic E-state index is 0.0982. The standard InChI is InChI=1S/C11H15FN2O3S/c1-11(2,18(3,16)17)7-14-10(15)8-5-4-6-13-9(8)12/h4-6H,7H2,1-3H3,(H,14,15). The molecule has 0 aliphatic carbocycles. The summed E-state index contributed by atoms with van der Waals surface area (Å²) in [6.07, 6.45) is 2.32. The van der Waals surface area contributed by atoms with Gasteiger partial charge < -0.3 is 5.32 Å². The molecule has 7 heteroatoms. The molecule has 100 valence electrons. The Balaban J connectivity index is 2.77. The zero-order valence-electron chi connectivity index (χ0n) is 10.4. The van der Waals surface area contributed by atoms with Crippen LogP contribution in [0, 0.1) is 5.95 Å². The summed E-state index contributed by atoms with van der Waals surface area (Å²) < 4.78 is 35.0. The van der Waals surface area contributed by atoms with Crippen LogP contribution in [0.1, 0.15) is 24.2 Å². The molecule has 1 N–H and O–H groups in total. The van der Waals surface area contributed by atoms with Gasteiger partial charge in [-0.25, -0.2) is 13.4 Å². The predicted molar refractivity (Wildman–Crippen MR) is 65.5 cm³/mol. The molecule has 1 heterocycles. The number of halogens is 1. The van der Waals surface area contributed by atoms with Gasteiger partial charge in [-0.3, -0.25) is 4.79 Å². The van der Waals surface area contributed by atoms with E-state index >= 15 is 0 Å². The molecule has 0 bridgehead atoms. The third-order valence-corrected chi connectivity index (χ3v) is 4.83.